The topological polar surface area (TPSA) is 58.6 Å². The summed E-state index contributed by atoms with van der Waals surface area (Å²) in [6, 6.07) is 13.8. The lowest BCUT2D eigenvalue weighted by atomic mass is 10.0. The lowest BCUT2D eigenvalue weighted by Gasteiger charge is -2.13. The van der Waals surface area contributed by atoms with Crippen LogP contribution in [0.3, 0.4) is 0 Å². The van der Waals surface area contributed by atoms with E-state index in [1.165, 1.54) is 24.3 Å². The molecule has 5 nitrogen and oxygen atoms in total. The molecule has 0 aliphatic rings. The van der Waals surface area contributed by atoms with E-state index in [1.54, 1.807) is 30.9 Å². The number of thioether (sulfide) groups is 1. The van der Waals surface area contributed by atoms with Gasteiger partial charge in [-0.15, -0.1) is 11.8 Å². The lowest BCUT2D eigenvalue weighted by Crippen LogP contribution is -2.26. The molecule has 0 heterocycles. The third kappa shape index (κ3) is 8.19. The first-order valence-electron chi connectivity index (χ1n) is 10.1. The van der Waals surface area contributed by atoms with Crippen molar-refractivity contribution in [3.63, 3.8) is 0 Å². The molecule has 166 valence electrons. The molecule has 1 N–H and O–H groups in total. The molecule has 2 aromatic rings. The molecule has 2 amide bonds. The molecular formula is C24H29FN2O3S. The van der Waals surface area contributed by atoms with Crippen LogP contribution >= 0.6 is 11.8 Å². The fourth-order valence-corrected chi connectivity index (χ4v) is 3.32. The first kappa shape index (κ1) is 24.6. The Labute approximate surface area is 187 Å². The van der Waals surface area contributed by atoms with Crippen LogP contribution in [-0.4, -0.2) is 43.8 Å². The van der Waals surface area contributed by atoms with Crippen molar-refractivity contribution in [3.8, 4) is 0 Å². The highest BCUT2D eigenvalue weighted by atomic mass is 32.2. The van der Waals surface area contributed by atoms with Gasteiger partial charge in [0.25, 0.3) is 5.91 Å². The summed E-state index contributed by atoms with van der Waals surface area (Å²) in [5, 5.41) is 4.15. The molecule has 31 heavy (non-hydrogen) atoms. The van der Waals surface area contributed by atoms with Gasteiger partial charge in [0.1, 0.15) is 5.82 Å². The molecule has 0 aliphatic heterocycles. The first-order chi connectivity index (χ1) is 14.9. The maximum atomic E-state index is 13.4. The van der Waals surface area contributed by atoms with Gasteiger partial charge in [0.15, 0.2) is 0 Å². The van der Waals surface area contributed by atoms with E-state index in [1.807, 2.05) is 36.6 Å². The van der Waals surface area contributed by atoms with Crippen LogP contribution in [0.15, 0.2) is 53.4 Å². The van der Waals surface area contributed by atoms with Crippen LogP contribution in [0, 0.1) is 5.82 Å². The number of rotatable bonds is 11. The Morgan fingerprint density at radius 3 is 2.35 bits per heavy atom. The van der Waals surface area contributed by atoms with Gasteiger partial charge in [-0.05, 0) is 60.6 Å². The number of hydrogen-bond donors (Lipinski definition) is 1. The molecule has 0 saturated heterocycles. The van der Waals surface area contributed by atoms with Crippen molar-refractivity contribution in [3.05, 3.63) is 65.5 Å². The summed E-state index contributed by atoms with van der Waals surface area (Å²) in [6.45, 7) is 0.497. The van der Waals surface area contributed by atoms with Crippen LogP contribution in [0.5, 0.6) is 0 Å². The van der Waals surface area contributed by atoms with E-state index in [-0.39, 0.29) is 17.6 Å². The van der Waals surface area contributed by atoms with Gasteiger partial charge in [-0.2, -0.15) is 0 Å². The summed E-state index contributed by atoms with van der Waals surface area (Å²) in [4.78, 5) is 30.6. The second kappa shape index (κ2) is 12.9. The van der Waals surface area contributed by atoms with Crippen molar-refractivity contribution in [2.45, 2.75) is 30.6 Å². The molecule has 0 atom stereocenters. The number of benzene rings is 2. The second-order valence-corrected chi connectivity index (χ2v) is 7.86. The number of nitrogens with zero attached hydrogens (tertiary/aromatic N) is 1. The van der Waals surface area contributed by atoms with Gasteiger partial charge in [-0.1, -0.05) is 30.7 Å². The van der Waals surface area contributed by atoms with Gasteiger partial charge in [0.2, 0.25) is 5.91 Å². The minimum atomic E-state index is -0.346. The molecule has 2 rings (SSSR count). The Kier molecular flexibility index (Phi) is 10.3. The van der Waals surface area contributed by atoms with Crippen molar-refractivity contribution in [2.24, 2.45) is 0 Å². The minimum Gasteiger partial charge on any atom is -0.352 e. The summed E-state index contributed by atoms with van der Waals surface area (Å²) in [5.74, 6) is -0.627. The van der Waals surface area contributed by atoms with Crippen LogP contribution in [0.4, 0.5) is 4.39 Å². The van der Waals surface area contributed by atoms with Crippen molar-refractivity contribution in [1.29, 1.82) is 0 Å². The number of unbranched alkanes of at least 4 members (excludes halogenated alkanes) is 2. The van der Waals surface area contributed by atoms with E-state index < -0.39 is 0 Å². The number of halogens is 1. The van der Waals surface area contributed by atoms with Crippen molar-refractivity contribution < 1.29 is 18.8 Å². The number of hydroxylamine groups is 2. The quantitative estimate of drug-likeness (QED) is 0.178. The summed E-state index contributed by atoms with van der Waals surface area (Å²) in [7, 11) is 3.04. The normalized spacial score (nSPS) is 11.3. The van der Waals surface area contributed by atoms with Crippen molar-refractivity contribution in [2.75, 3.05) is 27.0 Å². The standard InChI is InChI=1S/C24H29FN2O3S/c1-27(30-2)23(28)7-5-4-6-16-26-24(29)22(19-10-12-20(25)13-11-19)17-18-8-14-21(31-3)15-9-18/h8-15,17H,4-7,16H2,1-3H3,(H,26,29)/b22-17-. The van der Waals surface area contributed by atoms with Crippen LogP contribution in [0.1, 0.15) is 36.8 Å². The number of amides is 2. The Hall–Kier alpha value is -2.64. The second-order valence-electron chi connectivity index (χ2n) is 6.98. The van der Waals surface area contributed by atoms with E-state index in [2.05, 4.69) is 5.32 Å². The fraction of sp³-hybridized carbons (Fsp3) is 0.333. The summed E-state index contributed by atoms with van der Waals surface area (Å²) in [5.41, 5.74) is 2.03. The largest absolute Gasteiger partial charge is 0.352 e. The Morgan fingerprint density at radius 1 is 1.06 bits per heavy atom. The molecule has 0 aliphatic carbocycles. The van der Waals surface area contributed by atoms with Crippen LogP contribution in [0.25, 0.3) is 11.6 Å². The number of carbonyl (C=O) groups is 2. The molecular weight excluding hydrogens is 415 g/mol. The van der Waals surface area contributed by atoms with Gasteiger partial charge in [0, 0.05) is 30.5 Å². The highest BCUT2D eigenvalue weighted by molar-refractivity contribution is 7.98. The predicted molar refractivity (Wildman–Crippen MR) is 124 cm³/mol. The lowest BCUT2D eigenvalue weighted by molar-refractivity contribution is -0.168. The molecule has 0 radical (unpaired) electrons. The van der Waals surface area contributed by atoms with E-state index in [0.717, 1.165) is 29.7 Å². The maximum absolute atomic E-state index is 13.4. The fourth-order valence-electron chi connectivity index (χ4n) is 2.91. The summed E-state index contributed by atoms with van der Waals surface area (Å²) < 4.78 is 13.4. The molecule has 0 bridgehead atoms. The average Bonchev–Trinajstić information content (AvgIpc) is 2.79. The summed E-state index contributed by atoms with van der Waals surface area (Å²) >= 11 is 1.65. The van der Waals surface area contributed by atoms with E-state index in [4.69, 9.17) is 4.84 Å². The van der Waals surface area contributed by atoms with Crippen molar-refractivity contribution in [1.82, 2.24) is 10.4 Å². The smallest absolute Gasteiger partial charge is 0.251 e. The molecule has 7 heteroatoms. The Bertz CT molecular complexity index is 883. The third-order valence-electron chi connectivity index (χ3n) is 4.80. The van der Waals surface area contributed by atoms with Crippen LogP contribution in [-0.2, 0) is 14.4 Å². The zero-order valence-corrected chi connectivity index (χ0v) is 19.0. The number of hydrogen-bond acceptors (Lipinski definition) is 4. The van der Waals surface area contributed by atoms with E-state index in [9.17, 15) is 14.0 Å². The third-order valence-corrected chi connectivity index (χ3v) is 5.55. The van der Waals surface area contributed by atoms with Gasteiger partial charge < -0.3 is 5.32 Å². The molecule has 0 saturated carbocycles. The van der Waals surface area contributed by atoms with Crippen molar-refractivity contribution >= 4 is 35.2 Å². The Morgan fingerprint density at radius 2 is 1.74 bits per heavy atom. The van der Waals surface area contributed by atoms with Crippen LogP contribution < -0.4 is 5.32 Å². The van der Waals surface area contributed by atoms with Gasteiger partial charge in [-0.25, -0.2) is 9.45 Å². The van der Waals surface area contributed by atoms with E-state index >= 15 is 0 Å². The maximum Gasteiger partial charge on any atom is 0.251 e. The minimum absolute atomic E-state index is 0.0689. The predicted octanol–water partition coefficient (Wildman–Crippen LogP) is 4.78. The monoisotopic (exact) mass is 444 g/mol. The first-order valence-corrected chi connectivity index (χ1v) is 11.4. The summed E-state index contributed by atoms with van der Waals surface area (Å²) in [6.07, 6.45) is 6.53. The molecule has 2 aromatic carbocycles. The van der Waals surface area contributed by atoms with Gasteiger partial charge in [-0.3, -0.25) is 14.4 Å². The number of nitrogens with one attached hydrogen (secondary N) is 1. The van der Waals surface area contributed by atoms with Gasteiger partial charge in [0.05, 0.1) is 7.11 Å². The molecule has 0 unspecified atom stereocenters. The Balaban J connectivity index is 1.98. The average molecular weight is 445 g/mol. The highest BCUT2D eigenvalue weighted by Gasteiger charge is 2.12. The SMILES string of the molecule is CON(C)C(=O)CCCCCNC(=O)/C(=C\c1ccc(SC)cc1)c1ccc(F)cc1. The van der Waals surface area contributed by atoms with Gasteiger partial charge >= 0.3 is 0 Å². The molecule has 0 spiro atoms. The number of carbonyl (C=O) groups excluding carboxylic acids is 2. The van der Waals surface area contributed by atoms with Crippen LogP contribution in [0.2, 0.25) is 0 Å². The van der Waals surface area contributed by atoms with E-state index in [0.29, 0.717) is 24.1 Å². The molecule has 0 aromatic heterocycles. The highest BCUT2D eigenvalue weighted by Crippen LogP contribution is 2.21. The zero-order chi connectivity index (χ0) is 22.6. The molecule has 0 fully saturated rings. The zero-order valence-electron chi connectivity index (χ0n) is 18.2.